The first-order valence-electron chi connectivity index (χ1n) is 4.79. The molecule has 1 rings (SSSR count). The van der Waals surface area contributed by atoms with E-state index in [1.807, 2.05) is 0 Å². The van der Waals surface area contributed by atoms with Crippen LogP contribution in [0.1, 0.15) is 18.1 Å². The van der Waals surface area contributed by atoms with E-state index in [2.05, 4.69) is 5.16 Å². The highest BCUT2D eigenvalue weighted by Crippen LogP contribution is 2.11. The maximum absolute atomic E-state index is 11.0. The van der Waals surface area contributed by atoms with Crippen LogP contribution in [0.5, 0.6) is 0 Å². The van der Waals surface area contributed by atoms with Gasteiger partial charge < -0.3 is 15.7 Å². The normalized spacial score (nSPS) is 11.0. The average molecular weight is 236 g/mol. The van der Waals surface area contributed by atoms with E-state index in [0.717, 1.165) is 0 Å². The topological polar surface area (TPSA) is 102 Å². The van der Waals surface area contributed by atoms with Crippen molar-refractivity contribution in [2.45, 2.75) is 13.5 Å². The number of primary amides is 1. The number of hydrogen-bond donors (Lipinski definition) is 2. The van der Waals surface area contributed by atoms with Gasteiger partial charge in [0.2, 0.25) is 0 Å². The van der Waals surface area contributed by atoms with Gasteiger partial charge in [0.05, 0.1) is 0 Å². The lowest BCUT2D eigenvalue weighted by atomic mass is 10.0. The van der Waals surface area contributed by atoms with E-state index in [4.69, 9.17) is 15.7 Å². The molecule has 1 aromatic rings. The number of carbonyl (C=O) groups is 2. The molecule has 0 saturated carbocycles. The maximum Gasteiger partial charge on any atom is 0.302 e. The minimum absolute atomic E-state index is 0.0161. The molecule has 6 nitrogen and oxygen atoms in total. The first-order valence-corrected chi connectivity index (χ1v) is 4.79. The molecule has 90 valence electrons. The second-order valence-corrected chi connectivity index (χ2v) is 3.25. The number of amides is 1. The molecule has 0 spiro atoms. The summed E-state index contributed by atoms with van der Waals surface area (Å²) in [5.41, 5.74) is 5.67. The number of benzene rings is 1. The van der Waals surface area contributed by atoms with E-state index in [9.17, 15) is 9.59 Å². The van der Waals surface area contributed by atoms with Gasteiger partial charge in [-0.05, 0) is 5.56 Å². The molecule has 0 aromatic heterocycles. The molecule has 0 aliphatic carbocycles. The smallest absolute Gasteiger partial charge is 0.302 e. The number of nitrogens with zero attached hydrogens (tertiary/aromatic N) is 1. The molecule has 0 radical (unpaired) electrons. The number of hydrogen-bond acceptors (Lipinski definition) is 5. The van der Waals surface area contributed by atoms with Crippen molar-refractivity contribution in [3.05, 3.63) is 35.4 Å². The first kappa shape index (κ1) is 12.7. The van der Waals surface area contributed by atoms with Gasteiger partial charge in [-0.2, -0.15) is 0 Å². The Hall–Kier alpha value is -2.37. The largest absolute Gasteiger partial charge is 0.461 e. The number of nitrogens with two attached hydrogens (primary N) is 1. The second kappa shape index (κ2) is 5.64. The Bertz CT molecular complexity index is 468. The van der Waals surface area contributed by atoms with Crippen LogP contribution in [0.15, 0.2) is 29.4 Å². The summed E-state index contributed by atoms with van der Waals surface area (Å²) in [5, 5.41) is 11.6. The van der Waals surface area contributed by atoms with Crippen molar-refractivity contribution in [1.29, 1.82) is 0 Å². The van der Waals surface area contributed by atoms with Crippen LogP contribution >= 0.6 is 0 Å². The van der Waals surface area contributed by atoms with Crippen molar-refractivity contribution in [2.75, 3.05) is 0 Å². The van der Waals surface area contributed by atoms with Gasteiger partial charge in [-0.15, -0.1) is 0 Å². The minimum atomic E-state index is -0.859. The zero-order chi connectivity index (χ0) is 12.8. The molecule has 0 unspecified atom stereocenters. The monoisotopic (exact) mass is 236 g/mol. The molecule has 3 N–H and O–H groups in total. The van der Waals surface area contributed by atoms with E-state index in [-0.39, 0.29) is 12.3 Å². The lowest BCUT2D eigenvalue weighted by molar-refractivity contribution is -0.142. The average Bonchev–Trinajstić information content (AvgIpc) is 2.28. The Kier molecular flexibility index (Phi) is 4.21. The van der Waals surface area contributed by atoms with Gasteiger partial charge in [-0.25, -0.2) is 0 Å². The SMILES string of the molecule is CC(=O)OCc1ccccc1/C(=N\O)C(N)=O. The van der Waals surface area contributed by atoms with Gasteiger partial charge in [-0.3, -0.25) is 9.59 Å². The third kappa shape index (κ3) is 3.30. The third-order valence-corrected chi connectivity index (χ3v) is 2.04. The van der Waals surface area contributed by atoms with Gasteiger partial charge in [-0.1, -0.05) is 29.4 Å². The molecule has 0 heterocycles. The van der Waals surface area contributed by atoms with E-state index in [0.29, 0.717) is 11.1 Å². The van der Waals surface area contributed by atoms with E-state index >= 15 is 0 Å². The van der Waals surface area contributed by atoms with Gasteiger partial charge in [0.1, 0.15) is 6.61 Å². The van der Waals surface area contributed by atoms with Gasteiger partial charge in [0.25, 0.3) is 5.91 Å². The molecular formula is C11H12N2O4. The molecule has 0 fully saturated rings. The summed E-state index contributed by atoms with van der Waals surface area (Å²) in [6.45, 7) is 1.26. The summed E-state index contributed by atoms with van der Waals surface area (Å²) in [6, 6.07) is 6.56. The van der Waals surface area contributed by atoms with Crippen LogP contribution in [0.25, 0.3) is 0 Å². The van der Waals surface area contributed by atoms with Crippen molar-refractivity contribution < 1.29 is 19.5 Å². The van der Waals surface area contributed by atoms with Gasteiger partial charge in [0.15, 0.2) is 5.71 Å². The van der Waals surface area contributed by atoms with Crippen LogP contribution in [0.3, 0.4) is 0 Å². The fraction of sp³-hybridized carbons (Fsp3) is 0.182. The maximum atomic E-state index is 11.0. The summed E-state index contributed by atoms with van der Waals surface area (Å²) in [6.07, 6.45) is 0. The quantitative estimate of drug-likeness (QED) is 0.342. The summed E-state index contributed by atoms with van der Waals surface area (Å²) in [7, 11) is 0. The highest BCUT2D eigenvalue weighted by Gasteiger charge is 2.15. The standard InChI is InChI=1S/C11H12N2O4/c1-7(14)17-6-8-4-2-3-5-9(8)10(13-16)11(12)15/h2-5,16H,6H2,1H3,(H2,12,15)/b13-10+. The Morgan fingerprint density at radius 1 is 1.41 bits per heavy atom. The van der Waals surface area contributed by atoms with Crippen LogP contribution in [-0.2, 0) is 20.9 Å². The molecule has 0 atom stereocenters. The van der Waals surface area contributed by atoms with Crippen molar-refractivity contribution in [3.63, 3.8) is 0 Å². The Morgan fingerprint density at radius 2 is 2.06 bits per heavy atom. The summed E-state index contributed by atoms with van der Waals surface area (Å²) < 4.78 is 4.82. The zero-order valence-electron chi connectivity index (χ0n) is 9.21. The number of rotatable bonds is 4. The van der Waals surface area contributed by atoms with Crippen molar-refractivity contribution in [1.82, 2.24) is 0 Å². The third-order valence-electron chi connectivity index (χ3n) is 2.04. The van der Waals surface area contributed by atoms with E-state index in [1.165, 1.54) is 6.92 Å². The number of oxime groups is 1. The number of esters is 1. The lowest BCUT2D eigenvalue weighted by Crippen LogP contribution is -2.25. The van der Waals surface area contributed by atoms with Gasteiger partial charge in [0, 0.05) is 12.5 Å². The Labute approximate surface area is 97.7 Å². The molecule has 0 aliphatic rings. The number of ether oxygens (including phenoxy) is 1. The Balaban J connectivity index is 3.07. The fourth-order valence-electron chi connectivity index (χ4n) is 1.29. The predicted octanol–water partition coefficient (Wildman–Crippen LogP) is 0.413. The zero-order valence-corrected chi connectivity index (χ0v) is 9.21. The molecule has 1 aromatic carbocycles. The van der Waals surface area contributed by atoms with Crippen LogP contribution in [0, 0.1) is 0 Å². The van der Waals surface area contributed by atoms with Crippen molar-refractivity contribution in [2.24, 2.45) is 10.9 Å². The van der Waals surface area contributed by atoms with Crippen LogP contribution in [0.2, 0.25) is 0 Å². The lowest BCUT2D eigenvalue weighted by Gasteiger charge is -2.08. The van der Waals surface area contributed by atoms with Crippen molar-refractivity contribution >= 4 is 17.6 Å². The molecule has 17 heavy (non-hydrogen) atoms. The molecule has 0 bridgehead atoms. The fourth-order valence-corrected chi connectivity index (χ4v) is 1.29. The van der Waals surface area contributed by atoms with Crippen LogP contribution < -0.4 is 5.73 Å². The minimum Gasteiger partial charge on any atom is -0.461 e. The molecule has 1 amide bonds. The summed E-state index contributed by atoms with van der Waals surface area (Å²) >= 11 is 0. The van der Waals surface area contributed by atoms with Crippen molar-refractivity contribution in [3.8, 4) is 0 Å². The Morgan fingerprint density at radius 3 is 2.59 bits per heavy atom. The highest BCUT2D eigenvalue weighted by atomic mass is 16.5. The van der Waals surface area contributed by atoms with E-state index in [1.54, 1.807) is 24.3 Å². The number of carbonyl (C=O) groups excluding carboxylic acids is 2. The van der Waals surface area contributed by atoms with E-state index < -0.39 is 11.9 Å². The molecule has 0 aliphatic heterocycles. The summed E-state index contributed by atoms with van der Waals surface area (Å²) in [5.74, 6) is -1.30. The second-order valence-electron chi connectivity index (χ2n) is 3.25. The molecule has 6 heteroatoms. The van der Waals surface area contributed by atoms with Gasteiger partial charge >= 0.3 is 5.97 Å². The first-order chi connectivity index (χ1) is 8.06. The molecular weight excluding hydrogens is 224 g/mol. The van der Waals surface area contributed by atoms with Crippen LogP contribution in [0.4, 0.5) is 0 Å². The highest BCUT2D eigenvalue weighted by molar-refractivity contribution is 6.45. The summed E-state index contributed by atoms with van der Waals surface area (Å²) in [4.78, 5) is 21.8. The van der Waals surface area contributed by atoms with Crippen LogP contribution in [-0.4, -0.2) is 22.8 Å². The molecule has 0 saturated heterocycles. The predicted molar refractivity (Wildman–Crippen MR) is 59.4 cm³/mol.